The molecule has 1 heterocycles. The van der Waals surface area contributed by atoms with Crippen molar-refractivity contribution in [3.8, 4) is 11.5 Å². The molecule has 0 bridgehead atoms. The van der Waals surface area contributed by atoms with E-state index in [0.717, 1.165) is 5.06 Å². The molecule has 0 saturated carbocycles. The van der Waals surface area contributed by atoms with Crippen LogP contribution in [0.2, 0.25) is 0 Å². The Hall–Kier alpha value is -1.84. The summed E-state index contributed by atoms with van der Waals surface area (Å²) >= 11 is 0. The van der Waals surface area contributed by atoms with Crippen LogP contribution in [0.25, 0.3) is 0 Å². The number of hydroxylamine groups is 2. The summed E-state index contributed by atoms with van der Waals surface area (Å²) in [7, 11) is -3.43. The van der Waals surface area contributed by atoms with Crippen molar-refractivity contribution in [2.24, 2.45) is 0 Å². The molecule has 1 aliphatic heterocycles. The van der Waals surface area contributed by atoms with E-state index in [9.17, 15) is 13.2 Å². The number of fused-ring (bicyclic) bond motifs is 1. The first-order chi connectivity index (χ1) is 12.5. The largest absolute Gasteiger partial charge is 0.487 e. The third-order valence-corrected chi connectivity index (χ3v) is 5.73. The number of hydrogen-bond donors (Lipinski definition) is 1. The Morgan fingerprint density at radius 2 is 2.07 bits per heavy atom. The van der Waals surface area contributed by atoms with Crippen LogP contribution in [-0.2, 0) is 14.8 Å². The molecular weight excluding hydrogens is 372 g/mol. The molecule has 0 aromatic heterocycles. The van der Waals surface area contributed by atoms with Gasteiger partial charge >= 0.3 is 0 Å². The molecule has 1 N–H and O–H groups in total. The molecule has 1 atom stereocenters. The average molecular weight is 400 g/mol. The van der Waals surface area contributed by atoms with E-state index >= 15 is 0 Å². The van der Waals surface area contributed by atoms with Crippen molar-refractivity contribution in [2.45, 2.75) is 45.8 Å². The zero-order valence-corrected chi connectivity index (χ0v) is 17.2. The van der Waals surface area contributed by atoms with E-state index in [0.29, 0.717) is 30.0 Å². The van der Waals surface area contributed by atoms with Crippen molar-refractivity contribution in [3.63, 3.8) is 0 Å². The second-order valence-electron chi connectivity index (χ2n) is 7.18. The lowest BCUT2D eigenvalue weighted by Gasteiger charge is -2.41. The van der Waals surface area contributed by atoms with Crippen molar-refractivity contribution in [1.29, 1.82) is 0 Å². The van der Waals surface area contributed by atoms with E-state index in [1.165, 1.54) is 17.5 Å². The van der Waals surface area contributed by atoms with Crippen LogP contribution >= 0.6 is 0 Å². The van der Waals surface area contributed by atoms with Gasteiger partial charge < -0.3 is 14.7 Å². The van der Waals surface area contributed by atoms with Gasteiger partial charge in [0.25, 0.3) is 5.91 Å². The van der Waals surface area contributed by atoms with Crippen molar-refractivity contribution >= 4 is 15.9 Å². The van der Waals surface area contributed by atoms with E-state index in [1.54, 1.807) is 25.1 Å². The maximum absolute atomic E-state index is 12.3. The van der Waals surface area contributed by atoms with E-state index < -0.39 is 21.7 Å². The molecule has 1 aromatic carbocycles. The summed E-state index contributed by atoms with van der Waals surface area (Å²) in [4.78, 5) is 17.2. The highest BCUT2D eigenvalue weighted by Crippen LogP contribution is 2.44. The van der Waals surface area contributed by atoms with Crippen LogP contribution in [0.1, 0.15) is 45.7 Å². The minimum absolute atomic E-state index is 0.0315. The molecule has 2 rings (SSSR count). The molecule has 1 aromatic rings. The van der Waals surface area contributed by atoms with Gasteiger partial charge in [0.2, 0.25) is 10.0 Å². The van der Waals surface area contributed by atoms with Crippen LogP contribution in [0.5, 0.6) is 11.5 Å². The number of sulfonamides is 1. The number of rotatable bonds is 7. The highest BCUT2D eigenvalue weighted by atomic mass is 32.2. The maximum Gasteiger partial charge on any atom is 0.252 e. The third kappa shape index (κ3) is 5.12. The fourth-order valence-corrected chi connectivity index (χ4v) is 4.40. The molecular formula is C18H28N2O6S. The lowest BCUT2D eigenvalue weighted by atomic mass is 9.89. The molecule has 0 aliphatic carbocycles. The van der Waals surface area contributed by atoms with Gasteiger partial charge in [-0.15, -0.1) is 0 Å². The van der Waals surface area contributed by atoms with Crippen LogP contribution in [0.4, 0.5) is 0 Å². The predicted molar refractivity (Wildman–Crippen MR) is 101 cm³/mol. The van der Waals surface area contributed by atoms with Gasteiger partial charge in [-0.1, -0.05) is 6.92 Å². The summed E-state index contributed by atoms with van der Waals surface area (Å²) in [5.41, 5.74) is 0.159. The fraction of sp³-hybridized carbons (Fsp3) is 0.611. The number of nitrogens with zero attached hydrogens (tertiary/aromatic N) is 2. The van der Waals surface area contributed by atoms with Crippen LogP contribution in [0.15, 0.2) is 18.2 Å². The standard InChI is InChI=1S/C18H28N2O6S/c1-6-20(27(5,23)24)16-12-18(3,4)25-17-8-7-14(11-15(16)17)26-19(9-10-21)13(2)22/h7-8,11,16,21H,6,9-10,12H2,1-5H3. The number of aliphatic hydroxyl groups is 1. The third-order valence-electron chi connectivity index (χ3n) is 4.37. The molecule has 0 spiro atoms. The highest BCUT2D eigenvalue weighted by Gasteiger charge is 2.39. The van der Waals surface area contributed by atoms with E-state index in [4.69, 9.17) is 14.7 Å². The second-order valence-corrected chi connectivity index (χ2v) is 9.12. The summed E-state index contributed by atoms with van der Waals surface area (Å²) in [5.74, 6) is 0.611. The first-order valence-corrected chi connectivity index (χ1v) is 10.7. The lowest BCUT2D eigenvalue weighted by Crippen LogP contribution is -2.43. The van der Waals surface area contributed by atoms with E-state index in [-0.39, 0.29) is 19.1 Å². The number of carbonyl (C=O) groups is 1. The van der Waals surface area contributed by atoms with Gasteiger partial charge in [-0.3, -0.25) is 4.79 Å². The lowest BCUT2D eigenvalue weighted by molar-refractivity contribution is -0.156. The summed E-state index contributed by atoms with van der Waals surface area (Å²) in [6.07, 6.45) is 1.68. The molecule has 27 heavy (non-hydrogen) atoms. The molecule has 1 amide bonds. The van der Waals surface area contributed by atoms with E-state index in [1.807, 2.05) is 13.8 Å². The summed E-state index contributed by atoms with van der Waals surface area (Å²) in [6.45, 7) is 7.10. The molecule has 0 fully saturated rings. The normalized spacial score (nSPS) is 18.6. The van der Waals surface area contributed by atoms with Crippen LogP contribution < -0.4 is 9.57 Å². The SMILES string of the molecule is CCN(C1CC(C)(C)Oc2ccc(ON(CCO)C(C)=O)cc21)S(C)(=O)=O. The fourth-order valence-electron chi connectivity index (χ4n) is 3.28. The number of hydrogen-bond acceptors (Lipinski definition) is 6. The van der Waals surface area contributed by atoms with Crippen molar-refractivity contribution in [2.75, 3.05) is 26.0 Å². The Morgan fingerprint density at radius 1 is 1.41 bits per heavy atom. The van der Waals surface area contributed by atoms with Crippen LogP contribution in [0.3, 0.4) is 0 Å². The van der Waals surface area contributed by atoms with Gasteiger partial charge in [0, 0.05) is 25.5 Å². The van der Waals surface area contributed by atoms with Gasteiger partial charge in [-0.05, 0) is 32.0 Å². The summed E-state index contributed by atoms with van der Waals surface area (Å²) in [6, 6.07) is 4.65. The molecule has 152 valence electrons. The monoisotopic (exact) mass is 400 g/mol. The zero-order valence-electron chi connectivity index (χ0n) is 16.4. The van der Waals surface area contributed by atoms with Gasteiger partial charge in [-0.25, -0.2) is 8.42 Å². The minimum atomic E-state index is -3.43. The second kappa shape index (κ2) is 8.04. The van der Waals surface area contributed by atoms with Crippen molar-refractivity contribution < 1.29 is 27.9 Å². The number of benzene rings is 1. The molecule has 9 heteroatoms. The van der Waals surface area contributed by atoms with Crippen LogP contribution in [-0.4, -0.2) is 60.4 Å². The van der Waals surface area contributed by atoms with Gasteiger partial charge in [0.05, 0.1) is 25.4 Å². The Bertz CT molecular complexity index is 793. The van der Waals surface area contributed by atoms with Crippen molar-refractivity contribution in [3.05, 3.63) is 23.8 Å². The highest BCUT2D eigenvalue weighted by molar-refractivity contribution is 7.88. The molecule has 1 aliphatic rings. The summed E-state index contributed by atoms with van der Waals surface area (Å²) in [5, 5.41) is 10.1. The molecule has 1 unspecified atom stereocenters. The minimum Gasteiger partial charge on any atom is -0.487 e. The maximum atomic E-state index is 12.3. The smallest absolute Gasteiger partial charge is 0.252 e. The average Bonchev–Trinajstić information content (AvgIpc) is 2.53. The predicted octanol–water partition coefficient (Wildman–Crippen LogP) is 1.70. The topological polar surface area (TPSA) is 96.4 Å². The number of carbonyl (C=O) groups excluding carboxylic acids is 1. The molecule has 8 nitrogen and oxygen atoms in total. The van der Waals surface area contributed by atoms with Crippen LogP contribution in [0, 0.1) is 0 Å². The zero-order chi connectivity index (χ0) is 20.4. The first-order valence-electron chi connectivity index (χ1n) is 8.85. The summed E-state index contributed by atoms with van der Waals surface area (Å²) < 4.78 is 32.0. The molecule has 0 radical (unpaired) electrons. The van der Waals surface area contributed by atoms with Gasteiger partial charge in [0.15, 0.2) is 5.75 Å². The number of amides is 1. The number of ether oxygens (including phenoxy) is 1. The van der Waals surface area contributed by atoms with Crippen molar-refractivity contribution in [1.82, 2.24) is 9.37 Å². The molecule has 0 saturated heterocycles. The Morgan fingerprint density at radius 3 is 2.59 bits per heavy atom. The quantitative estimate of drug-likeness (QED) is 0.700. The Balaban J connectivity index is 2.46. The van der Waals surface area contributed by atoms with Gasteiger partial charge in [0.1, 0.15) is 11.4 Å². The first kappa shape index (κ1) is 21.5. The number of aliphatic hydroxyl groups excluding tert-OH is 1. The van der Waals surface area contributed by atoms with Gasteiger partial charge in [-0.2, -0.15) is 9.37 Å². The Labute approximate surface area is 160 Å². The van der Waals surface area contributed by atoms with E-state index in [2.05, 4.69) is 0 Å². The Kier molecular flexibility index (Phi) is 6.39.